The van der Waals surface area contributed by atoms with Gasteiger partial charge in [-0.1, -0.05) is 43.5 Å². The Hall–Kier alpha value is -1.35. The summed E-state index contributed by atoms with van der Waals surface area (Å²) in [7, 11) is 0. The van der Waals surface area contributed by atoms with Crippen molar-refractivity contribution in [1.82, 2.24) is 5.32 Å². The molecular formula is C17H23NO2. The molecule has 0 bridgehead atoms. The van der Waals surface area contributed by atoms with Crippen LogP contribution in [0.15, 0.2) is 24.3 Å². The maximum atomic E-state index is 12.4. The van der Waals surface area contributed by atoms with Gasteiger partial charge >= 0.3 is 0 Å². The minimum absolute atomic E-state index is 0.0443. The first-order chi connectivity index (χ1) is 9.74. The lowest BCUT2D eigenvalue weighted by Gasteiger charge is -2.23. The summed E-state index contributed by atoms with van der Waals surface area (Å²) >= 11 is 0. The number of carbonyl (C=O) groups is 1. The van der Waals surface area contributed by atoms with Gasteiger partial charge < -0.3 is 10.4 Å². The molecule has 0 saturated heterocycles. The van der Waals surface area contributed by atoms with E-state index in [9.17, 15) is 9.90 Å². The van der Waals surface area contributed by atoms with Crippen molar-refractivity contribution in [2.24, 2.45) is 5.92 Å². The summed E-state index contributed by atoms with van der Waals surface area (Å²) in [6.07, 6.45) is 6.37. The molecule has 2 unspecified atom stereocenters. The van der Waals surface area contributed by atoms with Crippen LogP contribution in [0, 0.1) is 5.92 Å². The highest BCUT2D eigenvalue weighted by molar-refractivity contribution is 5.80. The molecular weight excluding hydrogens is 250 g/mol. The van der Waals surface area contributed by atoms with Gasteiger partial charge in [-0.2, -0.15) is 0 Å². The van der Waals surface area contributed by atoms with E-state index in [1.807, 2.05) is 12.1 Å². The van der Waals surface area contributed by atoms with E-state index in [1.54, 1.807) is 0 Å². The normalized spacial score (nSPS) is 26.9. The standard InChI is InChI=1S/C17H23NO2/c19-16-9-3-1-2-8-15(16)18-17(20)14-10-12-6-4-5-7-13(12)11-14/h4-7,14-16,19H,1-3,8-11H2,(H,18,20). The van der Waals surface area contributed by atoms with Crippen LogP contribution >= 0.6 is 0 Å². The fourth-order valence-electron chi connectivity index (χ4n) is 3.50. The molecule has 0 heterocycles. The first kappa shape index (κ1) is 13.6. The molecule has 0 radical (unpaired) electrons. The van der Waals surface area contributed by atoms with Crippen molar-refractivity contribution in [2.75, 3.05) is 0 Å². The number of rotatable bonds is 2. The van der Waals surface area contributed by atoms with Crippen LogP contribution in [0.5, 0.6) is 0 Å². The van der Waals surface area contributed by atoms with Crippen molar-refractivity contribution < 1.29 is 9.90 Å². The van der Waals surface area contributed by atoms with Crippen molar-refractivity contribution >= 4 is 5.91 Å². The highest BCUT2D eigenvalue weighted by atomic mass is 16.3. The van der Waals surface area contributed by atoms with Crippen LogP contribution in [0.25, 0.3) is 0 Å². The number of nitrogens with one attached hydrogen (secondary N) is 1. The molecule has 3 heteroatoms. The Kier molecular flexibility index (Phi) is 4.06. The topological polar surface area (TPSA) is 49.3 Å². The molecule has 2 N–H and O–H groups in total. The van der Waals surface area contributed by atoms with E-state index in [0.717, 1.165) is 44.9 Å². The molecule has 3 rings (SSSR count). The monoisotopic (exact) mass is 273 g/mol. The molecule has 2 aliphatic rings. The molecule has 20 heavy (non-hydrogen) atoms. The number of fused-ring (bicyclic) bond motifs is 1. The number of carbonyl (C=O) groups excluding carboxylic acids is 1. The number of aliphatic hydroxyl groups excluding tert-OH is 1. The van der Waals surface area contributed by atoms with Crippen LogP contribution in [0.3, 0.4) is 0 Å². The predicted octanol–water partition coefficient (Wildman–Crippen LogP) is 2.21. The van der Waals surface area contributed by atoms with Crippen LogP contribution < -0.4 is 5.32 Å². The fraction of sp³-hybridized carbons (Fsp3) is 0.588. The van der Waals surface area contributed by atoms with E-state index in [0.29, 0.717) is 0 Å². The highest BCUT2D eigenvalue weighted by Gasteiger charge is 2.30. The molecule has 1 saturated carbocycles. The largest absolute Gasteiger partial charge is 0.391 e. The Labute approximate surface area is 120 Å². The molecule has 1 amide bonds. The van der Waals surface area contributed by atoms with Gasteiger partial charge in [0.05, 0.1) is 12.1 Å². The SMILES string of the molecule is O=C(NC1CCCCCC1O)C1Cc2ccccc2C1. The first-order valence-corrected chi connectivity index (χ1v) is 7.79. The second-order valence-electron chi connectivity index (χ2n) is 6.19. The molecule has 0 aliphatic heterocycles. The molecule has 1 aromatic rings. The number of aliphatic hydroxyl groups is 1. The number of amides is 1. The lowest BCUT2D eigenvalue weighted by molar-refractivity contribution is -0.126. The van der Waals surface area contributed by atoms with Gasteiger partial charge in [-0.25, -0.2) is 0 Å². The molecule has 0 aromatic heterocycles. The summed E-state index contributed by atoms with van der Waals surface area (Å²) in [5.74, 6) is 0.162. The predicted molar refractivity (Wildman–Crippen MR) is 78.4 cm³/mol. The summed E-state index contributed by atoms with van der Waals surface area (Å²) in [5, 5.41) is 13.2. The highest BCUT2D eigenvalue weighted by Crippen LogP contribution is 2.27. The maximum Gasteiger partial charge on any atom is 0.224 e. The zero-order chi connectivity index (χ0) is 13.9. The zero-order valence-electron chi connectivity index (χ0n) is 11.8. The Bertz CT molecular complexity index is 461. The van der Waals surface area contributed by atoms with Gasteiger partial charge in [-0.3, -0.25) is 4.79 Å². The van der Waals surface area contributed by atoms with Crippen LogP contribution in [-0.4, -0.2) is 23.2 Å². The third-order valence-electron chi connectivity index (χ3n) is 4.73. The van der Waals surface area contributed by atoms with E-state index >= 15 is 0 Å². The Morgan fingerprint density at radius 2 is 1.70 bits per heavy atom. The summed E-state index contributed by atoms with van der Waals surface area (Å²) in [6, 6.07) is 8.25. The number of benzene rings is 1. The van der Waals surface area contributed by atoms with Crippen molar-refractivity contribution in [3.63, 3.8) is 0 Å². The van der Waals surface area contributed by atoms with E-state index in [-0.39, 0.29) is 24.0 Å². The van der Waals surface area contributed by atoms with E-state index < -0.39 is 0 Å². The zero-order valence-corrected chi connectivity index (χ0v) is 11.8. The summed E-state index contributed by atoms with van der Waals surface area (Å²) in [5.41, 5.74) is 2.60. The number of hydrogen-bond donors (Lipinski definition) is 2. The third-order valence-corrected chi connectivity index (χ3v) is 4.73. The van der Waals surface area contributed by atoms with Crippen molar-refractivity contribution in [1.29, 1.82) is 0 Å². The summed E-state index contributed by atoms with van der Waals surface area (Å²) < 4.78 is 0. The Morgan fingerprint density at radius 1 is 1.05 bits per heavy atom. The average Bonchev–Trinajstić information content (AvgIpc) is 2.79. The van der Waals surface area contributed by atoms with Gasteiger partial charge in [0.1, 0.15) is 0 Å². The van der Waals surface area contributed by atoms with Crippen LogP contribution in [0.4, 0.5) is 0 Å². The van der Waals surface area contributed by atoms with Crippen LogP contribution in [0.1, 0.15) is 43.2 Å². The van der Waals surface area contributed by atoms with Gasteiger partial charge in [0, 0.05) is 5.92 Å². The first-order valence-electron chi connectivity index (χ1n) is 7.79. The lowest BCUT2D eigenvalue weighted by Crippen LogP contribution is -2.45. The van der Waals surface area contributed by atoms with Gasteiger partial charge in [-0.05, 0) is 36.8 Å². The quantitative estimate of drug-likeness (QED) is 0.812. The smallest absolute Gasteiger partial charge is 0.224 e. The Balaban J connectivity index is 1.60. The summed E-state index contributed by atoms with van der Waals surface area (Å²) in [6.45, 7) is 0. The molecule has 108 valence electrons. The van der Waals surface area contributed by atoms with E-state index in [2.05, 4.69) is 17.4 Å². The van der Waals surface area contributed by atoms with Crippen molar-refractivity contribution in [3.05, 3.63) is 35.4 Å². The summed E-state index contributed by atoms with van der Waals surface area (Å²) in [4.78, 5) is 12.4. The van der Waals surface area contributed by atoms with Crippen LogP contribution in [0.2, 0.25) is 0 Å². The minimum Gasteiger partial charge on any atom is -0.391 e. The van der Waals surface area contributed by atoms with Gasteiger partial charge in [-0.15, -0.1) is 0 Å². The minimum atomic E-state index is -0.370. The molecule has 2 atom stereocenters. The second kappa shape index (κ2) is 5.96. The van der Waals surface area contributed by atoms with Gasteiger partial charge in [0.2, 0.25) is 5.91 Å². The molecule has 1 aromatic carbocycles. The third kappa shape index (κ3) is 2.88. The van der Waals surface area contributed by atoms with Gasteiger partial charge in [0.15, 0.2) is 0 Å². The van der Waals surface area contributed by atoms with Crippen LogP contribution in [-0.2, 0) is 17.6 Å². The van der Waals surface area contributed by atoms with Crippen molar-refractivity contribution in [2.45, 2.75) is 57.1 Å². The maximum absolute atomic E-state index is 12.4. The van der Waals surface area contributed by atoms with E-state index in [4.69, 9.17) is 0 Å². The number of hydrogen-bond acceptors (Lipinski definition) is 2. The average molecular weight is 273 g/mol. The molecule has 1 fully saturated rings. The van der Waals surface area contributed by atoms with Gasteiger partial charge in [0.25, 0.3) is 0 Å². The lowest BCUT2D eigenvalue weighted by atomic mass is 10.0. The van der Waals surface area contributed by atoms with Crippen molar-refractivity contribution in [3.8, 4) is 0 Å². The fourth-order valence-corrected chi connectivity index (χ4v) is 3.50. The Morgan fingerprint density at radius 3 is 2.40 bits per heavy atom. The molecule has 3 nitrogen and oxygen atoms in total. The second-order valence-corrected chi connectivity index (χ2v) is 6.19. The molecule has 0 spiro atoms. The van der Waals surface area contributed by atoms with E-state index in [1.165, 1.54) is 11.1 Å². The molecule has 2 aliphatic carbocycles.